The van der Waals surface area contributed by atoms with Crippen molar-refractivity contribution in [1.82, 2.24) is 9.21 Å². The van der Waals surface area contributed by atoms with Crippen molar-refractivity contribution in [2.45, 2.75) is 18.4 Å². The highest BCUT2D eigenvalue weighted by Crippen LogP contribution is 2.29. The third-order valence-corrected chi connectivity index (χ3v) is 6.21. The lowest BCUT2D eigenvalue weighted by Gasteiger charge is -2.21. The molecule has 1 aromatic rings. The van der Waals surface area contributed by atoms with Gasteiger partial charge in [0.1, 0.15) is 0 Å². The Hall–Kier alpha value is -0.470. The summed E-state index contributed by atoms with van der Waals surface area (Å²) in [4.78, 5) is 2.12. The number of hydrogen-bond acceptors (Lipinski definition) is 4. The Balaban J connectivity index is 3.18. The highest BCUT2D eigenvalue weighted by atomic mass is 79.9. The summed E-state index contributed by atoms with van der Waals surface area (Å²) in [5.41, 5.74) is 1.38. The van der Waals surface area contributed by atoms with Gasteiger partial charge >= 0.3 is 0 Å². The van der Waals surface area contributed by atoms with E-state index in [1.807, 2.05) is 25.9 Å². The van der Waals surface area contributed by atoms with Crippen LogP contribution in [-0.2, 0) is 16.6 Å². The van der Waals surface area contributed by atoms with Crippen molar-refractivity contribution in [1.29, 1.82) is 0 Å². The van der Waals surface area contributed by atoms with Crippen LogP contribution in [0, 0.1) is 6.92 Å². The lowest BCUT2D eigenvalue weighted by molar-refractivity contribution is 0.281. The molecule has 0 radical (unpaired) electrons. The summed E-state index contributed by atoms with van der Waals surface area (Å²) in [5.74, 6) is 0. The van der Waals surface area contributed by atoms with Crippen LogP contribution in [0.25, 0.3) is 0 Å². The van der Waals surface area contributed by atoms with Gasteiger partial charge in [-0.05, 0) is 54.1 Å². The normalized spacial score (nSPS) is 12.4. The lowest BCUT2D eigenvalue weighted by Crippen LogP contribution is -2.33. The zero-order chi connectivity index (χ0) is 15.5. The van der Waals surface area contributed by atoms with Gasteiger partial charge in [-0.15, -0.1) is 0 Å². The molecule has 0 amide bonds. The fourth-order valence-corrected chi connectivity index (χ4v) is 3.91. The van der Waals surface area contributed by atoms with E-state index >= 15 is 0 Å². The molecule has 20 heavy (non-hydrogen) atoms. The van der Waals surface area contributed by atoms with Crippen LogP contribution in [0.2, 0.25) is 0 Å². The molecule has 0 fully saturated rings. The number of nitrogens with zero attached hydrogens (tertiary/aromatic N) is 2. The Morgan fingerprint density at radius 3 is 2.30 bits per heavy atom. The minimum Gasteiger partial charge on any atom is -0.392 e. The van der Waals surface area contributed by atoms with E-state index < -0.39 is 10.0 Å². The number of sulfonamides is 1. The Bertz CT molecular complexity index is 573. The van der Waals surface area contributed by atoms with Crippen LogP contribution in [0.1, 0.15) is 11.1 Å². The average Bonchev–Trinajstić information content (AvgIpc) is 2.38. The number of rotatable bonds is 6. The van der Waals surface area contributed by atoms with E-state index in [1.54, 1.807) is 13.1 Å². The van der Waals surface area contributed by atoms with Gasteiger partial charge in [-0.2, -0.15) is 4.31 Å². The first-order valence-electron chi connectivity index (χ1n) is 6.21. The number of aliphatic hydroxyl groups excluding tert-OH is 1. The molecule has 0 aliphatic heterocycles. The van der Waals surface area contributed by atoms with Gasteiger partial charge < -0.3 is 10.0 Å². The van der Waals surface area contributed by atoms with Gasteiger partial charge in [0.05, 0.1) is 11.5 Å². The summed E-state index contributed by atoms with van der Waals surface area (Å²) < 4.78 is 27.0. The second kappa shape index (κ2) is 7.00. The van der Waals surface area contributed by atoms with E-state index in [9.17, 15) is 13.5 Å². The van der Waals surface area contributed by atoms with Gasteiger partial charge in [0, 0.05) is 24.6 Å². The smallest absolute Gasteiger partial charge is 0.244 e. The minimum absolute atomic E-state index is 0.182. The first kappa shape index (κ1) is 17.6. The van der Waals surface area contributed by atoms with Crippen LogP contribution in [0.3, 0.4) is 0 Å². The molecule has 0 unspecified atom stereocenters. The Morgan fingerprint density at radius 2 is 1.80 bits per heavy atom. The fourth-order valence-electron chi connectivity index (χ4n) is 1.72. The summed E-state index contributed by atoms with van der Waals surface area (Å²) >= 11 is 3.33. The molecule has 114 valence electrons. The molecule has 1 rings (SSSR count). The largest absolute Gasteiger partial charge is 0.392 e. The maximum atomic E-state index is 12.6. The molecule has 0 aliphatic carbocycles. The van der Waals surface area contributed by atoms with Gasteiger partial charge in [-0.25, -0.2) is 8.42 Å². The molecule has 1 aromatic carbocycles. The van der Waals surface area contributed by atoms with Crippen LogP contribution >= 0.6 is 15.9 Å². The van der Waals surface area contributed by atoms with Crippen molar-refractivity contribution < 1.29 is 13.5 Å². The highest BCUT2D eigenvalue weighted by Gasteiger charge is 2.24. The van der Waals surface area contributed by atoms with Crippen LogP contribution in [0.5, 0.6) is 0 Å². The molecule has 0 atom stereocenters. The summed E-state index contributed by atoms with van der Waals surface area (Å²) in [6.45, 7) is 2.68. The van der Waals surface area contributed by atoms with E-state index in [-0.39, 0.29) is 11.5 Å². The second-order valence-electron chi connectivity index (χ2n) is 5.01. The predicted octanol–water partition coefficient (Wildman–Crippen LogP) is 1.43. The third kappa shape index (κ3) is 4.02. The van der Waals surface area contributed by atoms with E-state index in [4.69, 9.17) is 0 Å². The van der Waals surface area contributed by atoms with Crippen LogP contribution < -0.4 is 0 Å². The summed E-state index contributed by atoms with van der Waals surface area (Å²) in [7, 11) is 1.78. The zero-order valence-electron chi connectivity index (χ0n) is 12.2. The molecule has 5 nitrogen and oxygen atoms in total. The molecule has 0 heterocycles. The topological polar surface area (TPSA) is 60.9 Å². The van der Waals surface area contributed by atoms with Crippen molar-refractivity contribution in [2.24, 2.45) is 0 Å². The molecule has 0 spiro atoms. The van der Waals surface area contributed by atoms with Crippen molar-refractivity contribution >= 4 is 26.0 Å². The zero-order valence-corrected chi connectivity index (χ0v) is 14.6. The minimum atomic E-state index is -3.57. The average molecular weight is 365 g/mol. The standard InChI is InChI=1S/C13H21BrN2O3S/c1-10-7-11(9-17)8-12(13(10)14)20(18,19)16(4)6-5-15(2)3/h7-8,17H,5-6,9H2,1-4H3. The first-order valence-corrected chi connectivity index (χ1v) is 8.44. The Labute approximate surface area is 129 Å². The van der Waals surface area contributed by atoms with E-state index in [0.29, 0.717) is 23.1 Å². The second-order valence-corrected chi connectivity index (χ2v) is 7.82. The van der Waals surface area contributed by atoms with Gasteiger partial charge in [-0.1, -0.05) is 6.07 Å². The molecule has 0 bridgehead atoms. The number of aliphatic hydroxyl groups is 1. The monoisotopic (exact) mass is 364 g/mol. The maximum absolute atomic E-state index is 12.6. The van der Waals surface area contributed by atoms with Gasteiger partial charge in [0.25, 0.3) is 0 Å². The summed E-state index contributed by atoms with van der Waals surface area (Å²) in [5, 5.41) is 9.23. The van der Waals surface area contributed by atoms with Crippen LogP contribution in [-0.4, -0.2) is 57.0 Å². The van der Waals surface area contributed by atoms with Gasteiger partial charge in [0.15, 0.2) is 0 Å². The molecule has 0 saturated heterocycles. The van der Waals surface area contributed by atoms with Crippen LogP contribution in [0.15, 0.2) is 21.5 Å². The quantitative estimate of drug-likeness (QED) is 0.829. The SMILES string of the molecule is Cc1cc(CO)cc(S(=O)(=O)N(C)CCN(C)C)c1Br. The molecule has 1 N–H and O–H groups in total. The van der Waals surface area contributed by atoms with Crippen LogP contribution in [0.4, 0.5) is 0 Å². The molecule has 0 saturated carbocycles. The van der Waals surface area contributed by atoms with E-state index in [1.165, 1.54) is 10.4 Å². The molecule has 7 heteroatoms. The number of halogens is 1. The summed E-state index contributed by atoms with van der Waals surface area (Å²) in [6.07, 6.45) is 0. The number of benzene rings is 1. The molecular formula is C13H21BrN2O3S. The molecular weight excluding hydrogens is 344 g/mol. The lowest BCUT2D eigenvalue weighted by atomic mass is 10.1. The van der Waals surface area contributed by atoms with Gasteiger partial charge in [-0.3, -0.25) is 0 Å². The Morgan fingerprint density at radius 1 is 1.20 bits per heavy atom. The van der Waals surface area contributed by atoms with Crippen molar-refractivity contribution in [3.8, 4) is 0 Å². The van der Waals surface area contributed by atoms with Crippen molar-refractivity contribution in [2.75, 3.05) is 34.2 Å². The summed E-state index contributed by atoms with van der Waals surface area (Å²) in [6, 6.07) is 3.28. The van der Waals surface area contributed by atoms with Crippen molar-refractivity contribution in [3.63, 3.8) is 0 Å². The Kier molecular flexibility index (Phi) is 6.15. The van der Waals surface area contributed by atoms with Gasteiger partial charge in [0.2, 0.25) is 10.0 Å². The van der Waals surface area contributed by atoms with Crippen molar-refractivity contribution in [3.05, 3.63) is 27.7 Å². The maximum Gasteiger partial charge on any atom is 0.244 e. The number of hydrogen-bond donors (Lipinski definition) is 1. The third-order valence-electron chi connectivity index (χ3n) is 3.01. The van der Waals surface area contributed by atoms with E-state index in [0.717, 1.165) is 5.56 Å². The fraction of sp³-hybridized carbons (Fsp3) is 0.538. The highest BCUT2D eigenvalue weighted by molar-refractivity contribution is 9.10. The predicted molar refractivity (Wildman–Crippen MR) is 83.2 cm³/mol. The molecule has 0 aliphatic rings. The number of aryl methyl sites for hydroxylation is 1. The first-order chi connectivity index (χ1) is 9.20. The number of likely N-dealkylation sites (N-methyl/N-ethyl adjacent to an activating group) is 2. The van der Waals surface area contributed by atoms with E-state index in [2.05, 4.69) is 15.9 Å². The molecule has 0 aromatic heterocycles.